The van der Waals surface area contributed by atoms with Gasteiger partial charge in [-0.25, -0.2) is 9.78 Å². The molecule has 0 fully saturated rings. The summed E-state index contributed by atoms with van der Waals surface area (Å²) in [5, 5.41) is 3.83. The zero-order chi connectivity index (χ0) is 23.3. The third kappa shape index (κ3) is 5.93. The van der Waals surface area contributed by atoms with E-state index in [1.54, 1.807) is 55.5 Å². The number of aromatic nitrogens is 1. The molecule has 0 aliphatic heterocycles. The smallest absolute Gasteiger partial charge is 0.351 e. The number of ketones is 1. The maximum atomic E-state index is 12.6. The fourth-order valence-electron chi connectivity index (χ4n) is 2.78. The van der Waals surface area contributed by atoms with E-state index in [2.05, 4.69) is 10.3 Å². The zero-order valence-electron chi connectivity index (χ0n) is 17.7. The van der Waals surface area contributed by atoms with Gasteiger partial charge in [0.25, 0.3) is 5.91 Å². The van der Waals surface area contributed by atoms with E-state index in [1.807, 2.05) is 0 Å². The number of nitrogens with one attached hydrogen (secondary N) is 1. The Bertz CT molecular complexity index is 1140. The molecule has 1 N–H and O–H groups in total. The summed E-state index contributed by atoms with van der Waals surface area (Å²) in [5.74, 6) is -0.748. The van der Waals surface area contributed by atoms with Crippen LogP contribution in [0.3, 0.4) is 0 Å². The Labute approximate surface area is 194 Å². The summed E-state index contributed by atoms with van der Waals surface area (Å²) >= 11 is 7.00. The highest BCUT2D eigenvalue weighted by Crippen LogP contribution is 2.23. The maximum absolute atomic E-state index is 12.6. The van der Waals surface area contributed by atoms with Crippen LogP contribution in [-0.2, 0) is 16.1 Å². The summed E-state index contributed by atoms with van der Waals surface area (Å²) in [6.45, 7) is 4.74. The lowest BCUT2D eigenvalue weighted by molar-refractivity contribution is -0.123. The molecule has 1 atom stereocenters. The molecule has 166 valence electrons. The van der Waals surface area contributed by atoms with Crippen molar-refractivity contribution in [3.63, 3.8) is 0 Å². The number of aryl methyl sites for hydroxylation is 1. The van der Waals surface area contributed by atoms with Crippen LogP contribution in [-0.4, -0.2) is 28.7 Å². The summed E-state index contributed by atoms with van der Waals surface area (Å²) in [6, 6.07) is 13.5. The number of halogens is 1. The Kier molecular flexibility index (Phi) is 7.61. The number of benzene rings is 2. The molecule has 1 heterocycles. The van der Waals surface area contributed by atoms with Gasteiger partial charge in [-0.05, 0) is 57.2 Å². The van der Waals surface area contributed by atoms with Crippen molar-refractivity contribution in [2.24, 2.45) is 0 Å². The average Bonchev–Trinajstić information content (AvgIpc) is 3.14. The molecule has 2 aromatic carbocycles. The lowest BCUT2D eigenvalue weighted by Crippen LogP contribution is -2.30. The number of hydrogen-bond donors (Lipinski definition) is 1. The maximum Gasteiger partial charge on any atom is 0.351 e. The van der Waals surface area contributed by atoms with Gasteiger partial charge < -0.3 is 14.8 Å². The van der Waals surface area contributed by atoms with E-state index in [-0.39, 0.29) is 12.4 Å². The number of nitrogens with zero attached hydrogens (tertiary/aromatic N) is 1. The van der Waals surface area contributed by atoms with Crippen molar-refractivity contribution in [3.8, 4) is 5.75 Å². The zero-order valence-corrected chi connectivity index (χ0v) is 19.3. The predicted molar refractivity (Wildman–Crippen MR) is 123 cm³/mol. The molecule has 3 rings (SSSR count). The molecule has 0 aliphatic carbocycles. The van der Waals surface area contributed by atoms with Gasteiger partial charge in [-0.2, -0.15) is 0 Å². The molecule has 1 aromatic heterocycles. The van der Waals surface area contributed by atoms with E-state index < -0.39 is 18.0 Å². The van der Waals surface area contributed by atoms with Crippen molar-refractivity contribution in [1.82, 2.24) is 4.98 Å². The van der Waals surface area contributed by atoms with Crippen molar-refractivity contribution in [2.45, 2.75) is 33.5 Å². The largest absolute Gasteiger partial charge is 0.486 e. The molecule has 32 heavy (non-hydrogen) atoms. The molecular weight excluding hydrogens is 452 g/mol. The number of carbonyl (C=O) groups is 3. The minimum absolute atomic E-state index is 0.179. The molecule has 0 saturated carbocycles. The minimum Gasteiger partial charge on any atom is -0.486 e. The number of thiazole rings is 1. The van der Waals surface area contributed by atoms with Gasteiger partial charge in [0.15, 0.2) is 11.9 Å². The second-order valence-corrected chi connectivity index (χ2v) is 8.42. The van der Waals surface area contributed by atoms with Gasteiger partial charge in [0.05, 0.1) is 11.4 Å². The van der Waals surface area contributed by atoms with Crippen LogP contribution in [0.2, 0.25) is 5.02 Å². The minimum atomic E-state index is -1.07. The Morgan fingerprint density at radius 3 is 2.50 bits per heavy atom. The molecule has 9 heteroatoms. The van der Waals surface area contributed by atoms with Gasteiger partial charge in [-0.15, -0.1) is 11.3 Å². The van der Waals surface area contributed by atoms with Crippen LogP contribution in [0.15, 0.2) is 48.5 Å². The van der Waals surface area contributed by atoms with Crippen LogP contribution in [0.4, 0.5) is 5.69 Å². The van der Waals surface area contributed by atoms with Gasteiger partial charge in [0.1, 0.15) is 22.2 Å². The number of rotatable bonds is 8. The highest BCUT2D eigenvalue weighted by atomic mass is 35.5. The molecule has 0 bridgehead atoms. The first kappa shape index (κ1) is 23.4. The van der Waals surface area contributed by atoms with Crippen molar-refractivity contribution in [1.29, 1.82) is 0 Å². The summed E-state index contributed by atoms with van der Waals surface area (Å²) < 4.78 is 11.0. The molecule has 0 aliphatic rings. The summed E-state index contributed by atoms with van der Waals surface area (Å²) in [5.41, 5.74) is 1.23. The molecule has 0 radical (unpaired) electrons. The van der Waals surface area contributed by atoms with E-state index in [0.29, 0.717) is 37.6 Å². The number of esters is 1. The van der Waals surface area contributed by atoms with Crippen LogP contribution >= 0.6 is 22.9 Å². The van der Waals surface area contributed by atoms with E-state index in [1.165, 1.54) is 13.8 Å². The topological polar surface area (TPSA) is 94.6 Å². The second kappa shape index (κ2) is 10.4. The van der Waals surface area contributed by atoms with Gasteiger partial charge in [-0.3, -0.25) is 9.59 Å². The van der Waals surface area contributed by atoms with Gasteiger partial charge in [-0.1, -0.05) is 23.7 Å². The van der Waals surface area contributed by atoms with Gasteiger partial charge >= 0.3 is 5.97 Å². The molecule has 3 aromatic rings. The third-order valence-electron chi connectivity index (χ3n) is 4.42. The summed E-state index contributed by atoms with van der Waals surface area (Å²) in [4.78, 5) is 41.4. The van der Waals surface area contributed by atoms with Crippen LogP contribution in [0.1, 0.15) is 44.6 Å². The SMILES string of the molecule is CC(=O)c1ccccc1NC(=O)C(C)OC(=O)c1sc(COc2ccc(Cl)cc2)nc1C. The fourth-order valence-corrected chi connectivity index (χ4v) is 3.77. The Morgan fingerprint density at radius 2 is 1.81 bits per heavy atom. The van der Waals surface area contributed by atoms with Crippen LogP contribution in [0.25, 0.3) is 0 Å². The Hall–Kier alpha value is -3.23. The Morgan fingerprint density at radius 1 is 1.12 bits per heavy atom. The lowest BCUT2D eigenvalue weighted by atomic mass is 10.1. The molecule has 0 saturated heterocycles. The molecular formula is C23H21ClN2O5S. The first-order valence-corrected chi connectivity index (χ1v) is 10.9. The van der Waals surface area contributed by atoms with Crippen molar-refractivity contribution >= 4 is 46.3 Å². The van der Waals surface area contributed by atoms with Crippen LogP contribution < -0.4 is 10.1 Å². The highest BCUT2D eigenvalue weighted by Gasteiger charge is 2.23. The van der Waals surface area contributed by atoms with Crippen LogP contribution in [0, 0.1) is 6.92 Å². The van der Waals surface area contributed by atoms with Crippen LogP contribution in [0.5, 0.6) is 5.75 Å². The number of carbonyl (C=O) groups excluding carboxylic acids is 3. The van der Waals surface area contributed by atoms with Crippen molar-refractivity contribution in [2.75, 3.05) is 5.32 Å². The number of amides is 1. The van der Waals surface area contributed by atoms with Crippen molar-refractivity contribution in [3.05, 3.63) is 74.7 Å². The summed E-state index contributed by atoms with van der Waals surface area (Å²) in [7, 11) is 0. The predicted octanol–water partition coefficient (Wildman–Crippen LogP) is 5.07. The normalized spacial score (nSPS) is 11.5. The molecule has 1 amide bonds. The Balaban J connectivity index is 1.60. The summed E-state index contributed by atoms with van der Waals surface area (Å²) in [6.07, 6.45) is -1.07. The molecule has 7 nitrogen and oxygen atoms in total. The number of hydrogen-bond acceptors (Lipinski definition) is 7. The monoisotopic (exact) mass is 472 g/mol. The van der Waals surface area contributed by atoms with Gasteiger partial charge in [0.2, 0.25) is 0 Å². The average molecular weight is 473 g/mol. The first-order chi connectivity index (χ1) is 15.2. The van der Waals surface area contributed by atoms with E-state index in [9.17, 15) is 14.4 Å². The number of ether oxygens (including phenoxy) is 2. The third-order valence-corrected chi connectivity index (χ3v) is 5.78. The molecule has 1 unspecified atom stereocenters. The number of anilines is 1. The first-order valence-electron chi connectivity index (χ1n) is 9.71. The van der Waals surface area contributed by atoms with E-state index in [0.717, 1.165) is 11.3 Å². The standard InChI is InChI=1S/C23H21ClN2O5S/c1-13-21(32-20(25-13)12-30-17-10-8-16(24)9-11-17)23(29)31-15(3)22(28)26-19-7-5-4-6-18(19)14(2)27/h4-11,15H,12H2,1-3H3,(H,26,28). The van der Waals surface area contributed by atoms with E-state index >= 15 is 0 Å². The van der Waals surface area contributed by atoms with Crippen molar-refractivity contribution < 1.29 is 23.9 Å². The second-order valence-electron chi connectivity index (χ2n) is 6.90. The number of Topliss-reactive ketones (excluding diaryl/α,β-unsaturated/α-hetero) is 1. The highest BCUT2D eigenvalue weighted by molar-refractivity contribution is 7.13. The number of para-hydroxylation sites is 1. The quantitative estimate of drug-likeness (QED) is 0.363. The van der Waals surface area contributed by atoms with Gasteiger partial charge in [0, 0.05) is 10.6 Å². The molecule has 0 spiro atoms. The lowest BCUT2D eigenvalue weighted by Gasteiger charge is -2.14. The fraction of sp³-hybridized carbons (Fsp3) is 0.217. The van der Waals surface area contributed by atoms with E-state index in [4.69, 9.17) is 21.1 Å².